The van der Waals surface area contributed by atoms with Gasteiger partial charge in [0.1, 0.15) is 17.3 Å². The van der Waals surface area contributed by atoms with Gasteiger partial charge in [0.15, 0.2) is 9.84 Å². The number of benzene rings is 3. The van der Waals surface area contributed by atoms with Gasteiger partial charge in [-0.05, 0) is 47.5 Å². The largest absolute Gasteiger partial charge is 0.487 e. The molecule has 8 nitrogen and oxygen atoms in total. The van der Waals surface area contributed by atoms with E-state index in [0.29, 0.717) is 16.1 Å². The number of ether oxygens (including phenoxy) is 1. The van der Waals surface area contributed by atoms with E-state index in [9.17, 15) is 21.6 Å². The maximum absolute atomic E-state index is 12.4. The first-order valence-electron chi connectivity index (χ1n) is 9.55. The predicted octanol–water partition coefficient (Wildman–Crippen LogP) is 3.15. The van der Waals surface area contributed by atoms with Crippen molar-refractivity contribution in [3.05, 3.63) is 82.9 Å². The van der Waals surface area contributed by atoms with Crippen molar-refractivity contribution in [1.29, 1.82) is 0 Å². The fourth-order valence-corrected chi connectivity index (χ4v) is 4.57. The van der Waals surface area contributed by atoms with Crippen LogP contribution in [0.2, 0.25) is 5.02 Å². The van der Waals surface area contributed by atoms with Crippen molar-refractivity contribution >= 4 is 43.1 Å². The standard InChI is InChI=1S/C22H21ClN2O6S2/c1-32(27,28)18-7-4-5-15(11-18)14-31-20-10-9-17(13-21(20)33(24,29)30)25-22(26)12-16-6-2-3-8-19(16)23/h2-11,13H,12,14H2,1H3,(H,25,26)(H2,24,29,30). The summed E-state index contributed by atoms with van der Waals surface area (Å²) in [5, 5.41) is 8.39. The Kier molecular flexibility index (Phi) is 7.43. The number of rotatable bonds is 8. The third-order valence-electron chi connectivity index (χ3n) is 4.56. The van der Waals surface area contributed by atoms with E-state index in [1.54, 1.807) is 36.4 Å². The molecule has 3 N–H and O–H groups in total. The van der Waals surface area contributed by atoms with Gasteiger partial charge in [-0.1, -0.05) is 41.9 Å². The van der Waals surface area contributed by atoms with Crippen LogP contribution in [0.25, 0.3) is 0 Å². The van der Waals surface area contributed by atoms with Crippen LogP contribution in [0.4, 0.5) is 5.69 Å². The number of halogens is 1. The molecule has 3 rings (SSSR count). The molecule has 0 aliphatic heterocycles. The Morgan fingerprint density at radius 1 is 1.00 bits per heavy atom. The fraction of sp³-hybridized carbons (Fsp3) is 0.136. The molecule has 0 radical (unpaired) electrons. The minimum absolute atomic E-state index is 0.000684. The van der Waals surface area contributed by atoms with Crippen molar-refractivity contribution in [2.75, 3.05) is 11.6 Å². The monoisotopic (exact) mass is 508 g/mol. The summed E-state index contributed by atoms with van der Waals surface area (Å²) in [5.74, 6) is -0.430. The first-order valence-corrected chi connectivity index (χ1v) is 13.4. The van der Waals surface area contributed by atoms with Gasteiger partial charge in [0, 0.05) is 17.0 Å². The molecule has 0 spiro atoms. The molecule has 11 heteroatoms. The third kappa shape index (κ3) is 6.78. The van der Waals surface area contributed by atoms with E-state index in [1.807, 2.05) is 0 Å². The molecule has 174 valence electrons. The van der Waals surface area contributed by atoms with Crippen molar-refractivity contribution in [3.63, 3.8) is 0 Å². The summed E-state index contributed by atoms with van der Waals surface area (Å²) < 4.78 is 53.3. The van der Waals surface area contributed by atoms with Crippen molar-refractivity contribution < 1.29 is 26.4 Å². The number of primary sulfonamides is 1. The Bertz CT molecular complexity index is 1410. The lowest BCUT2D eigenvalue weighted by atomic mass is 10.1. The second-order valence-electron chi connectivity index (χ2n) is 7.23. The number of nitrogens with one attached hydrogen (secondary N) is 1. The van der Waals surface area contributed by atoms with E-state index in [2.05, 4.69) is 5.32 Å². The van der Waals surface area contributed by atoms with Gasteiger partial charge in [-0.3, -0.25) is 4.79 Å². The van der Waals surface area contributed by atoms with Crippen molar-refractivity contribution in [2.45, 2.75) is 22.8 Å². The van der Waals surface area contributed by atoms with E-state index in [-0.39, 0.29) is 34.3 Å². The third-order valence-corrected chi connectivity index (χ3v) is 6.97. The average molecular weight is 509 g/mol. The zero-order valence-corrected chi connectivity index (χ0v) is 19.9. The first kappa shape index (κ1) is 24.7. The quantitative estimate of drug-likeness (QED) is 0.480. The van der Waals surface area contributed by atoms with Gasteiger partial charge in [-0.15, -0.1) is 0 Å². The number of sulfone groups is 1. The Balaban J connectivity index is 1.79. The highest BCUT2D eigenvalue weighted by Gasteiger charge is 2.18. The first-order chi connectivity index (χ1) is 15.4. The molecule has 3 aromatic rings. The van der Waals surface area contributed by atoms with Gasteiger partial charge in [0.25, 0.3) is 0 Å². The molecule has 0 saturated carbocycles. The molecular weight excluding hydrogens is 488 g/mol. The Morgan fingerprint density at radius 3 is 2.39 bits per heavy atom. The van der Waals surface area contributed by atoms with Crippen LogP contribution in [0, 0.1) is 0 Å². The molecule has 33 heavy (non-hydrogen) atoms. The van der Waals surface area contributed by atoms with Crippen LogP contribution in [-0.4, -0.2) is 29.0 Å². The summed E-state index contributed by atoms with van der Waals surface area (Å²) in [6.45, 7) is -0.0932. The van der Waals surface area contributed by atoms with Crippen LogP contribution in [0.15, 0.2) is 76.5 Å². The maximum Gasteiger partial charge on any atom is 0.241 e. The normalized spacial score (nSPS) is 11.7. The van der Waals surface area contributed by atoms with Crippen LogP contribution in [0.5, 0.6) is 5.75 Å². The van der Waals surface area contributed by atoms with E-state index >= 15 is 0 Å². The molecule has 0 saturated heterocycles. The maximum atomic E-state index is 12.4. The second-order valence-corrected chi connectivity index (χ2v) is 11.2. The topological polar surface area (TPSA) is 133 Å². The number of anilines is 1. The van der Waals surface area contributed by atoms with Gasteiger partial charge in [0.05, 0.1) is 11.3 Å². The zero-order chi connectivity index (χ0) is 24.2. The lowest BCUT2D eigenvalue weighted by Gasteiger charge is -2.13. The molecule has 0 aromatic heterocycles. The number of carbonyl (C=O) groups is 1. The Hall–Kier alpha value is -2.92. The summed E-state index contributed by atoms with van der Waals surface area (Å²) in [7, 11) is -7.59. The fourth-order valence-electron chi connectivity index (χ4n) is 2.97. The highest BCUT2D eigenvalue weighted by molar-refractivity contribution is 7.90. The van der Waals surface area contributed by atoms with Crippen LogP contribution in [-0.2, 0) is 37.7 Å². The SMILES string of the molecule is CS(=O)(=O)c1cccc(COc2ccc(NC(=O)Cc3ccccc3Cl)cc2S(N)(=O)=O)c1. The smallest absolute Gasteiger partial charge is 0.241 e. The molecule has 0 aliphatic carbocycles. The summed E-state index contributed by atoms with van der Waals surface area (Å²) >= 11 is 6.07. The zero-order valence-electron chi connectivity index (χ0n) is 17.5. The second kappa shape index (κ2) is 9.92. The summed E-state index contributed by atoms with van der Waals surface area (Å²) in [6.07, 6.45) is 1.09. The molecule has 0 atom stereocenters. The molecule has 3 aromatic carbocycles. The molecule has 0 bridgehead atoms. The van der Waals surface area contributed by atoms with Crippen LogP contribution in [0.3, 0.4) is 0 Å². The number of nitrogens with two attached hydrogens (primary N) is 1. The van der Waals surface area contributed by atoms with Crippen LogP contribution in [0.1, 0.15) is 11.1 Å². The molecule has 0 heterocycles. The van der Waals surface area contributed by atoms with Gasteiger partial charge in [0.2, 0.25) is 15.9 Å². The Labute approximate surface area is 197 Å². The lowest BCUT2D eigenvalue weighted by molar-refractivity contribution is -0.115. The minimum atomic E-state index is -4.19. The number of hydrogen-bond donors (Lipinski definition) is 2. The number of amides is 1. The summed E-state index contributed by atoms with van der Waals surface area (Å²) in [6, 6.07) is 17.0. The van der Waals surface area contributed by atoms with E-state index in [4.69, 9.17) is 21.5 Å². The van der Waals surface area contributed by atoms with Gasteiger partial charge in [-0.2, -0.15) is 0 Å². The molecule has 0 aliphatic rings. The average Bonchev–Trinajstić information content (AvgIpc) is 2.73. The molecule has 0 unspecified atom stereocenters. The predicted molar refractivity (Wildman–Crippen MR) is 125 cm³/mol. The lowest BCUT2D eigenvalue weighted by Crippen LogP contribution is -2.17. The Morgan fingerprint density at radius 2 is 1.73 bits per heavy atom. The molecule has 0 fully saturated rings. The van der Waals surface area contributed by atoms with E-state index < -0.39 is 25.8 Å². The highest BCUT2D eigenvalue weighted by atomic mass is 35.5. The summed E-state index contributed by atoms with van der Waals surface area (Å²) in [5.41, 5.74) is 1.36. The van der Waals surface area contributed by atoms with E-state index in [0.717, 1.165) is 6.26 Å². The number of hydrogen-bond acceptors (Lipinski definition) is 6. The van der Waals surface area contributed by atoms with Crippen molar-refractivity contribution in [1.82, 2.24) is 0 Å². The number of carbonyl (C=O) groups excluding carboxylic acids is 1. The summed E-state index contributed by atoms with van der Waals surface area (Å²) in [4.78, 5) is 12.2. The minimum Gasteiger partial charge on any atom is -0.487 e. The molecule has 1 amide bonds. The van der Waals surface area contributed by atoms with Crippen molar-refractivity contribution in [3.8, 4) is 5.75 Å². The highest BCUT2D eigenvalue weighted by Crippen LogP contribution is 2.28. The number of sulfonamides is 1. The van der Waals surface area contributed by atoms with E-state index in [1.165, 1.54) is 30.3 Å². The van der Waals surface area contributed by atoms with Crippen LogP contribution < -0.4 is 15.2 Å². The van der Waals surface area contributed by atoms with Crippen LogP contribution >= 0.6 is 11.6 Å². The van der Waals surface area contributed by atoms with Gasteiger partial charge >= 0.3 is 0 Å². The van der Waals surface area contributed by atoms with Crippen molar-refractivity contribution in [2.24, 2.45) is 5.14 Å². The van der Waals surface area contributed by atoms with Gasteiger partial charge in [-0.25, -0.2) is 22.0 Å². The molecular formula is C22H21ClN2O6S2. The van der Waals surface area contributed by atoms with Gasteiger partial charge < -0.3 is 10.1 Å².